The molecule has 23 heavy (non-hydrogen) atoms. The van der Waals surface area contributed by atoms with E-state index in [4.69, 9.17) is 16.2 Å². The van der Waals surface area contributed by atoms with E-state index in [0.717, 1.165) is 6.42 Å². The first-order valence-corrected chi connectivity index (χ1v) is 7.31. The molecule has 0 fully saturated rings. The Kier molecular flexibility index (Phi) is 5.29. The minimum absolute atomic E-state index is 0.0714. The Balaban J connectivity index is 1.94. The predicted molar refractivity (Wildman–Crippen MR) is 85.5 cm³/mol. The van der Waals surface area contributed by atoms with E-state index in [-0.39, 0.29) is 23.9 Å². The summed E-state index contributed by atoms with van der Waals surface area (Å²) in [4.78, 5) is 22.6. The van der Waals surface area contributed by atoms with E-state index in [1.807, 2.05) is 0 Å². The molecule has 0 spiro atoms. The highest BCUT2D eigenvalue weighted by atomic mass is 16.4. The maximum absolute atomic E-state index is 12.2. The van der Waals surface area contributed by atoms with Gasteiger partial charge < -0.3 is 16.2 Å². The van der Waals surface area contributed by atoms with E-state index >= 15 is 0 Å². The number of H-pyrrole nitrogens is 1. The first-order valence-electron chi connectivity index (χ1n) is 7.31. The Labute approximate surface area is 132 Å². The number of unbranched alkanes of at least 4 members (excludes halogenated alkanes) is 2. The minimum atomic E-state index is -0.807. The number of amides is 1. The second-order valence-electron chi connectivity index (χ2n) is 5.21. The predicted octanol–water partition coefficient (Wildman–Crippen LogP) is 1.22. The maximum atomic E-state index is 12.2. The number of carboxylic acid groups (broad SMARTS) is 1. The molecule has 122 valence electrons. The summed E-state index contributed by atoms with van der Waals surface area (Å²) >= 11 is 0. The average Bonchev–Trinajstić information content (AvgIpc) is 2.93. The van der Waals surface area contributed by atoms with Crippen molar-refractivity contribution in [2.45, 2.75) is 25.7 Å². The van der Waals surface area contributed by atoms with Gasteiger partial charge >= 0.3 is 5.97 Å². The second kappa shape index (κ2) is 7.39. The van der Waals surface area contributed by atoms with Crippen LogP contribution in [0, 0.1) is 5.41 Å². The molecule has 1 amide bonds. The third kappa shape index (κ3) is 4.29. The third-order valence-electron chi connectivity index (χ3n) is 3.44. The van der Waals surface area contributed by atoms with Crippen molar-refractivity contribution in [2.24, 2.45) is 5.73 Å². The molecule has 1 aromatic carbocycles. The summed E-state index contributed by atoms with van der Waals surface area (Å²) in [5.74, 6) is -1.19. The van der Waals surface area contributed by atoms with Crippen molar-refractivity contribution >= 4 is 28.6 Å². The van der Waals surface area contributed by atoms with Crippen molar-refractivity contribution in [1.29, 1.82) is 5.41 Å². The zero-order valence-electron chi connectivity index (χ0n) is 12.6. The van der Waals surface area contributed by atoms with E-state index in [0.29, 0.717) is 35.9 Å². The number of nitrogens with zero attached hydrogens (tertiary/aromatic N) is 1. The Bertz CT molecular complexity index is 738. The van der Waals surface area contributed by atoms with Gasteiger partial charge in [-0.3, -0.25) is 20.1 Å². The first-order chi connectivity index (χ1) is 11.0. The van der Waals surface area contributed by atoms with Crippen molar-refractivity contribution in [3.05, 3.63) is 29.5 Å². The molecule has 0 atom stereocenters. The quantitative estimate of drug-likeness (QED) is 0.282. The number of nitrogen functional groups attached to an aromatic ring is 1. The number of carbonyl (C=O) groups is 2. The van der Waals surface area contributed by atoms with Crippen LogP contribution < -0.4 is 11.1 Å². The number of nitrogens with two attached hydrogens (primary N) is 1. The number of carbonyl (C=O) groups excluding carboxylic acids is 1. The summed E-state index contributed by atoms with van der Waals surface area (Å²) in [6.45, 7) is 0.458. The average molecular weight is 317 g/mol. The van der Waals surface area contributed by atoms with E-state index in [2.05, 4.69) is 15.5 Å². The molecule has 8 heteroatoms. The van der Waals surface area contributed by atoms with Crippen LogP contribution in [-0.4, -0.2) is 39.6 Å². The summed E-state index contributed by atoms with van der Waals surface area (Å²) in [6, 6.07) is 5.07. The van der Waals surface area contributed by atoms with Gasteiger partial charge in [0.25, 0.3) is 5.91 Å². The Morgan fingerprint density at radius 3 is 2.78 bits per heavy atom. The number of amidine groups is 1. The van der Waals surface area contributed by atoms with E-state index < -0.39 is 5.97 Å². The van der Waals surface area contributed by atoms with Gasteiger partial charge in [0.15, 0.2) is 5.69 Å². The van der Waals surface area contributed by atoms with Crippen LogP contribution in [0.1, 0.15) is 41.7 Å². The highest BCUT2D eigenvalue weighted by molar-refractivity contribution is 6.07. The lowest BCUT2D eigenvalue weighted by molar-refractivity contribution is -0.137. The molecule has 0 radical (unpaired) electrons. The number of benzene rings is 1. The molecule has 0 saturated heterocycles. The lowest BCUT2D eigenvalue weighted by atomic mass is 10.1. The van der Waals surface area contributed by atoms with Gasteiger partial charge in [0.1, 0.15) is 5.84 Å². The summed E-state index contributed by atoms with van der Waals surface area (Å²) < 4.78 is 0. The lowest BCUT2D eigenvalue weighted by Gasteiger charge is -2.04. The number of aliphatic carboxylic acids is 1. The number of hydrogen-bond donors (Lipinski definition) is 5. The molecule has 0 unspecified atom stereocenters. The van der Waals surface area contributed by atoms with Crippen LogP contribution in [0.2, 0.25) is 0 Å². The molecule has 0 bridgehead atoms. The van der Waals surface area contributed by atoms with Gasteiger partial charge in [-0.2, -0.15) is 5.10 Å². The fourth-order valence-electron chi connectivity index (χ4n) is 2.22. The largest absolute Gasteiger partial charge is 0.481 e. The number of hydrogen-bond acceptors (Lipinski definition) is 4. The van der Waals surface area contributed by atoms with Gasteiger partial charge in [-0.1, -0.05) is 6.42 Å². The summed E-state index contributed by atoms with van der Waals surface area (Å²) in [7, 11) is 0. The number of rotatable bonds is 8. The maximum Gasteiger partial charge on any atom is 0.303 e. The molecule has 2 rings (SSSR count). The summed E-state index contributed by atoms with van der Waals surface area (Å²) in [5, 5.41) is 26.1. The van der Waals surface area contributed by atoms with Crippen LogP contribution in [0.3, 0.4) is 0 Å². The molecule has 2 aromatic rings. The summed E-state index contributed by atoms with van der Waals surface area (Å²) in [5.41, 5.74) is 6.94. The van der Waals surface area contributed by atoms with Crippen LogP contribution in [0.25, 0.3) is 10.9 Å². The monoisotopic (exact) mass is 317 g/mol. The van der Waals surface area contributed by atoms with Crippen LogP contribution in [-0.2, 0) is 4.79 Å². The Morgan fingerprint density at radius 1 is 1.30 bits per heavy atom. The third-order valence-corrected chi connectivity index (χ3v) is 3.44. The van der Waals surface area contributed by atoms with Crippen molar-refractivity contribution in [2.75, 3.05) is 6.54 Å². The van der Waals surface area contributed by atoms with Crippen molar-refractivity contribution in [3.63, 3.8) is 0 Å². The van der Waals surface area contributed by atoms with E-state index in [1.165, 1.54) is 0 Å². The van der Waals surface area contributed by atoms with Crippen molar-refractivity contribution in [3.8, 4) is 0 Å². The molecule has 0 aliphatic carbocycles. The number of carboxylic acids is 1. The van der Waals surface area contributed by atoms with Gasteiger partial charge in [0, 0.05) is 23.9 Å². The zero-order chi connectivity index (χ0) is 16.8. The fraction of sp³-hybridized carbons (Fsp3) is 0.333. The van der Waals surface area contributed by atoms with Crippen molar-refractivity contribution < 1.29 is 14.7 Å². The zero-order valence-corrected chi connectivity index (χ0v) is 12.6. The molecule has 0 aliphatic heterocycles. The highest BCUT2D eigenvalue weighted by Gasteiger charge is 2.14. The Hall–Kier alpha value is -2.90. The molecule has 0 aliphatic rings. The number of aromatic nitrogens is 2. The number of aromatic amines is 1. The second-order valence-corrected chi connectivity index (χ2v) is 5.21. The van der Waals surface area contributed by atoms with Crippen LogP contribution in [0.4, 0.5) is 0 Å². The Morgan fingerprint density at radius 2 is 2.09 bits per heavy atom. The van der Waals surface area contributed by atoms with Crippen LogP contribution in [0.15, 0.2) is 18.2 Å². The minimum Gasteiger partial charge on any atom is -0.481 e. The first kappa shape index (κ1) is 16.5. The molecule has 8 nitrogen and oxygen atoms in total. The van der Waals surface area contributed by atoms with Gasteiger partial charge in [0.05, 0.1) is 5.52 Å². The lowest BCUT2D eigenvalue weighted by Crippen LogP contribution is -2.25. The standard InChI is InChI=1S/C15H19N5O3/c16-14(17)9-5-6-11-10(8-9)13(20-19-11)15(23)18-7-3-1-2-4-12(21)22/h5-6,8H,1-4,7H2,(H3,16,17)(H,18,23)(H,19,20)(H,21,22). The van der Waals surface area contributed by atoms with E-state index in [1.54, 1.807) is 18.2 Å². The highest BCUT2D eigenvalue weighted by Crippen LogP contribution is 2.17. The number of nitrogens with one attached hydrogen (secondary N) is 3. The van der Waals surface area contributed by atoms with Gasteiger partial charge in [-0.15, -0.1) is 0 Å². The molecule has 1 heterocycles. The van der Waals surface area contributed by atoms with Gasteiger partial charge in [-0.25, -0.2) is 0 Å². The topological polar surface area (TPSA) is 145 Å². The smallest absolute Gasteiger partial charge is 0.303 e. The molecule has 0 saturated carbocycles. The van der Waals surface area contributed by atoms with Crippen molar-refractivity contribution in [1.82, 2.24) is 15.5 Å². The fourth-order valence-corrected chi connectivity index (χ4v) is 2.22. The number of fused-ring (bicyclic) bond motifs is 1. The van der Waals surface area contributed by atoms with Gasteiger partial charge in [-0.05, 0) is 31.0 Å². The van der Waals surface area contributed by atoms with Crippen LogP contribution in [0.5, 0.6) is 0 Å². The van der Waals surface area contributed by atoms with E-state index in [9.17, 15) is 9.59 Å². The van der Waals surface area contributed by atoms with Crippen LogP contribution >= 0.6 is 0 Å². The molecular formula is C15H19N5O3. The summed E-state index contributed by atoms with van der Waals surface area (Å²) in [6.07, 6.45) is 2.19. The normalized spacial score (nSPS) is 10.6. The molecule has 6 N–H and O–H groups in total. The SMILES string of the molecule is N=C(N)c1ccc2[nH]nc(C(=O)NCCCCCC(=O)O)c2c1. The molecule has 1 aromatic heterocycles. The molecular weight excluding hydrogens is 298 g/mol. The van der Waals surface area contributed by atoms with Gasteiger partial charge in [0.2, 0.25) is 0 Å².